The minimum Gasteiger partial charge on any atom is -0.295 e. The highest BCUT2D eigenvalue weighted by Gasteiger charge is 2.58. The van der Waals surface area contributed by atoms with Crippen molar-refractivity contribution < 1.29 is 13.6 Å². The lowest BCUT2D eigenvalue weighted by atomic mass is 9.47. The minimum absolute atomic E-state index is 0.138. The van der Waals surface area contributed by atoms with Crippen LogP contribution in [-0.2, 0) is 4.79 Å². The molecule has 23 heavy (non-hydrogen) atoms. The van der Waals surface area contributed by atoms with Crippen LogP contribution in [0.25, 0.3) is 0 Å². The lowest BCUT2D eigenvalue weighted by Gasteiger charge is -2.57. The first kappa shape index (κ1) is 15.5. The molecule has 3 fully saturated rings. The molecule has 126 valence electrons. The van der Waals surface area contributed by atoms with Gasteiger partial charge in [-0.3, -0.25) is 4.79 Å². The highest BCUT2D eigenvalue weighted by atomic mass is 19.3. The molecule has 0 aromatic carbocycles. The van der Waals surface area contributed by atoms with Crippen LogP contribution in [0.5, 0.6) is 0 Å². The maximum Gasteiger partial charge on any atom is 0.270 e. The van der Waals surface area contributed by atoms with Gasteiger partial charge >= 0.3 is 0 Å². The zero-order valence-corrected chi connectivity index (χ0v) is 14.1. The van der Waals surface area contributed by atoms with Crippen molar-refractivity contribution in [2.45, 2.75) is 65.2 Å². The predicted octanol–water partition coefficient (Wildman–Crippen LogP) is 5.67. The second-order valence-corrected chi connectivity index (χ2v) is 8.70. The molecule has 1 nitrogen and oxygen atoms in total. The number of carbonyl (C=O) groups is 1. The number of halogens is 2. The van der Waals surface area contributed by atoms with E-state index in [0.717, 1.165) is 38.5 Å². The summed E-state index contributed by atoms with van der Waals surface area (Å²) in [5, 5.41) is 0. The Morgan fingerprint density at radius 1 is 1.00 bits per heavy atom. The average molecular weight is 320 g/mol. The molecule has 0 N–H and O–H groups in total. The van der Waals surface area contributed by atoms with Crippen molar-refractivity contribution in [3.63, 3.8) is 0 Å². The second kappa shape index (κ2) is 5.00. The van der Waals surface area contributed by atoms with E-state index in [2.05, 4.69) is 13.8 Å². The molecule has 0 amide bonds. The van der Waals surface area contributed by atoms with Gasteiger partial charge in [0.25, 0.3) is 6.08 Å². The summed E-state index contributed by atoms with van der Waals surface area (Å²) in [6.45, 7) is 4.43. The molecule has 0 aliphatic heterocycles. The summed E-state index contributed by atoms with van der Waals surface area (Å²) >= 11 is 0. The van der Waals surface area contributed by atoms with Crippen molar-refractivity contribution in [1.82, 2.24) is 0 Å². The fourth-order valence-electron chi connectivity index (χ4n) is 6.68. The fraction of sp³-hybridized carbons (Fsp3) is 0.750. The maximum absolute atomic E-state index is 13.4. The van der Waals surface area contributed by atoms with Gasteiger partial charge in [-0.1, -0.05) is 19.4 Å². The quantitative estimate of drug-likeness (QED) is 0.562. The third kappa shape index (κ3) is 2.04. The zero-order valence-electron chi connectivity index (χ0n) is 14.1. The van der Waals surface area contributed by atoms with Crippen LogP contribution >= 0.6 is 0 Å². The molecule has 4 aliphatic rings. The molecule has 0 aromatic rings. The highest BCUT2D eigenvalue weighted by Crippen LogP contribution is 2.66. The van der Waals surface area contributed by atoms with E-state index in [1.807, 2.05) is 6.08 Å². The number of rotatable bonds is 0. The summed E-state index contributed by atoms with van der Waals surface area (Å²) in [6, 6.07) is 0. The molecule has 0 unspecified atom stereocenters. The standard InChI is InChI=1S/C20H26F2O/c1-19-9-7-13(23)11-12(19)3-4-14-15-5-6-17(18(21)22)20(15,2)10-8-16(14)19/h11,14-16H,3-10H2,1-2H3/t14-,15-,16-,19-,20-/m0/s1. The second-order valence-electron chi connectivity index (χ2n) is 8.70. The van der Waals surface area contributed by atoms with Crippen molar-refractivity contribution in [2.75, 3.05) is 0 Å². The summed E-state index contributed by atoms with van der Waals surface area (Å²) in [6.07, 6.45) is 7.64. The molecule has 0 aromatic heterocycles. The van der Waals surface area contributed by atoms with E-state index in [1.54, 1.807) is 0 Å². The molecule has 4 aliphatic carbocycles. The molecule has 3 heteroatoms. The van der Waals surface area contributed by atoms with Crippen LogP contribution in [0.1, 0.15) is 65.2 Å². The molecule has 3 saturated carbocycles. The molecular formula is C20H26F2O. The minimum atomic E-state index is -1.42. The van der Waals surface area contributed by atoms with Crippen LogP contribution in [0.2, 0.25) is 0 Å². The van der Waals surface area contributed by atoms with E-state index in [4.69, 9.17) is 0 Å². The topological polar surface area (TPSA) is 17.1 Å². The van der Waals surface area contributed by atoms with Gasteiger partial charge in [0.15, 0.2) is 5.78 Å². The average Bonchev–Trinajstić information content (AvgIpc) is 2.85. The largest absolute Gasteiger partial charge is 0.295 e. The highest BCUT2D eigenvalue weighted by molar-refractivity contribution is 5.91. The van der Waals surface area contributed by atoms with Crippen LogP contribution in [-0.4, -0.2) is 5.78 Å². The third-order valence-electron chi connectivity index (χ3n) is 7.97. The lowest BCUT2D eigenvalue weighted by molar-refractivity contribution is -0.117. The molecule has 0 radical (unpaired) electrons. The molecule has 0 bridgehead atoms. The lowest BCUT2D eigenvalue weighted by Crippen LogP contribution is -2.49. The smallest absolute Gasteiger partial charge is 0.270 e. The molecular weight excluding hydrogens is 294 g/mol. The van der Waals surface area contributed by atoms with Gasteiger partial charge in [0.1, 0.15) is 0 Å². The molecule has 0 spiro atoms. The van der Waals surface area contributed by atoms with Gasteiger partial charge in [-0.2, -0.15) is 8.78 Å². The first-order valence-corrected chi connectivity index (χ1v) is 9.15. The summed E-state index contributed by atoms with van der Waals surface area (Å²) in [4.78, 5) is 11.8. The Morgan fingerprint density at radius 2 is 1.74 bits per heavy atom. The van der Waals surface area contributed by atoms with Gasteiger partial charge in [-0.25, -0.2) is 0 Å². The van der Waals surface area contributed by atoms with Gasteiger partial charge < -0.3 is 0 Å². The SMILES string of the molecule is C[C@]12CCC(=O)C=C1CC[C@@H]1[C@@H]2CC[C@]2(C)C(=C(F)F)CC[C@@H]12. The van der Waals surface area contributed by atoms with Gasteiger partial charge in [-0.05, 0) is 79.6 Å². The van der Waals surface area contributed by atoms with Crippen molar-refractivity contribution in [2.24, 2.45) is 28.6 Å². The van der Waals surface area contributed by atoms with E-state index >= 15 is 0 Å². The van der Waals surface area contributed by atoms with E-state index < -0.39 is 6.08 Å². The van der Waals surface area contributed by atoms with E-state index in [1.165, 1.54) is 5.57 Å². The first-order chi connectivity index (χ1) is 10.9. The monoisotopic (exact) mass is 320 g/mol. The number of allylic oxidation sites excluding steroid dienone is 2. The number of hydrogen-bond donors (Lipinski definition) is 0. The first-order valence-electron chi connectivity index (χ1n) is 9.15. The fourth-order valence-corrected chi connectivity index (χ4v) is 6.68. The third-order valence-corrected chi connectivity index (χ3v) is 7.97. The molecule has 0 saturated heterocycles. The van der Waals surface area contributed by atoms with Crippen molar-refractivity contribution in [3.05, 3.63) is 23.3 Å². The van der Waals surface area contributed by atoms with Crippen LogP contribution < -0.4 is 0 Å². The number of ketones is 1. The van der Waals surface area contributed by atoms with Crippen LogP contribution in [0, 0.1) is 28.6 Å². The number of carbonyl (C=O) groups excluding carboxylic acids is 1. The molecule has 4 rings (SSSR count). The summed E-state index contributed by atoms with van der Waals surface area (Å²) < 4.78 is 26.8. The summed E-state index contributed by atoms with van der Waals surface area (Å²) in [5.41, 5.74) is 1.66. The van der Waals surface area contributed by atoms with Gasteiger partial charge in [0.05, 0.1) is 0 Å². The van der Waals surface area contributed by atoms with E-state index in [9.17, 15) is 13.6 Å². The summed E-state index contributed by atoms with van der Waals surface area (Å²) in [5.74, 6) is 1.83. The molecule has 0 heterocycles. The normalized spacial score (nSPS) is 45.9. The Kier molecular flexibility index (Phi) is 3.38. The van der Waals surface area contributed by atoms with Crippen molar-refractivity contribution in [1.29, 1.82) is 0 Å². The Bertz CT molecular complexity index is 615. The zero-order chi connectivity index (χ0) is 16.4. The maximum atomic E-state index is 13.4. The van der Waals surface area contributed by atoms with E-state index in [-0.39, 0.29) is 16.6 Å². The number of hydrogen-bond acceptors (Lipinski definition) is 1. The van der Waals surface area contributed by atoms with E-state index in [0.29, 0.717) is 36.2 Å². The predicted molar refractivity (Wildman–Crippen MR) is 86.0 cm³/mol. The van der Waals surface area contributed by atoms with Gasteiger partial charge in [-0.15, -0.1) is 0 Å². The van der Waals surface area contributed by atoms with Gasteiger partial charge in [0, 0.05) is 12.0 Å². The van der Waals surface area contributed by atoms with Crippen LogP contribution in [0.4, 0.5) is 8.78 Å². The van der Waals surface area contributed by atoms with Crippen molar-refractivity contribution >= 4 is 5.78 Å². The van der Waals surface area contributed by atoms with Crippen LogP contribution in [0.15, 0.2) is 23.3 Å². The Hall–Kier alpha value is -0.990. The van der Waals surface area contributed by atoms with Crippen molar-refractivity contribution in [3.8, 4) is 0 Å². The Balaban J connectivity index is 1.70. The summed E-state index contributed by atoms with van der Waals surface area (Å²) in [7, 11) is 0. The van der Waals surface area contributed by atoms with Crippen LogP contribution in [0.3, 0.4) is 0 Å². The number of fused-ring (bicyclic) bond motifs is 5. The van der Waals surface area contributed by atoms with Gasteiger partial charge in [0.2, 0.25) is 0 Å². The Labute approximate surface area is 137 Å². The molecule has 5 atom stereocenters. The Morgan fingerprint density at radius 3 is 2.48 bits per heavy atom.